The van der Waals surface area contributed by atoms with Crippen molar-refractivity contribution in [1.29, 1.82) is 0 Å². The second-order valence-corrected chi connectivity index (χ2v) is 4.53. The minimum Gasteiger partial charge on any atom is -0.450 e. The molecule has 1 aliphatic heterocycles. The van der Waals surface area contributed by atoms with Crippen molar-refractivity contribution >= 4 is 18.0 Å². The lowest BCUT2D eigenvalue weighted by atomic mass is 10.1. The average Bonchev–Trinajstić information content (AvgIpc) is 2.07. The fraction of sp³-hybridized carbons (Fsp3) is 0.700. The average molecular weight is 229 g/mol. The van der Waals surface area contributed by atoms with Gasteiger partial charge in [0.15, 0.2) is 6.10 Å². The van der Waals surface area contributed by atoms with E-state index in [1.807, 2.05) is 0 Å². The summed E-state index contributed by atoms with van der Waals surface area (Å²) in [5.74, 6) is -1.08. The number of likely N-dealkylation sites (tertiary alicyclic amines) is 1. The monoisotopic (exact) mass is 229 g/mol. The van der Waals surface area contributed by atoms with Crippen LogP contribution in [0.1, 0.15) is 27.7 Å². The summed E-state index contributed by atoms with van der Waals surface area (Å²) in [7, 11) is 0. The Hall–Kier alpha value is -1.59. The molecule has 0 spiro atoms. The lowest BCUT2D eigenvalue weighted by molar-refractivity contribution is -0.170. The molecule has 1 unspecified atom stereocenters. The zero-order valence-corrected chi connectivity index (χ0v) is 9.77. The number of rotatable bonds is 1. The van der Waals surface area contributed by atoms with Gasteiger partial charge in [0.25, 0.3) is 5.91 Å². The van der Waals surface area contributed by atoms with Gasteiger partial charge in [-0.05, 0) is 20.8 Å². The maximum Gasteiger partial charge on any atom is 0.417 e. The van der Waals surface area contributed by atoms with Crippen LogP contribution in [0.5, 0.6) is 0 Å². The van der Waals surface area contributed by atoms with Crippen molar-refractivity contribution < 1.29 is 23.9 Å². The van der Waals surface area contributed by atoms with Gasteiger partial charge in [0.1, 0.15) is 5.60 Å². The molecule has 90 valence electrons. The Morgan fingerprint density at radius 1 is 1.38 bits per heavy atom. The van der Waals surface area contributed by atoms with Gasteiger partial charge in [0.05, 0.1) is 6.54 Å². The molecular weight excluding hydrogens is 214 g/mol. The molecule has 1 fully saturated rings. The molecule has 0 saturated carbocycles. The summed E-state index contributed by atoms with van der Waals surface area (Å²) in [4.78, 5) is 34.3. The zero-order chi connectivity index (χ0) is 12.5. The molecule has 6 heteroatoms. The molecule has 0 N–H and O–H groups in total. The number of imide groups is 1. The molecule has 0 radical (unpaired) electrons. The summed E-state index contributed by atoms with van der Waals surface area (Å²) < 4.78 is 9.66. The van der Waals surface area contributed by atoms with E-state index >= 15 is 0 Å². The number of hydrogen-bond acceptors (Lipinski definition) is 5. The summed E-state index contributed by atoms with van der Waals surface area (Å²) in [6.07, 6.45) is -1.55. The number of amides is 2. The Balaban J connectivity index is 2.46. The van der Waals surface area contributed by atoms with Gasteiger partial charge in [0, 0.05) is 6.92 Å². The normalized spacial score (nSPS) is 20.1. The van der Waals surface area contributed by atoms with Crippen molar-refractivity contribution in [1.82, 2.24) is 4.90 Å². The first-order chi connectivity index (χ1) is 7.20. The number of ether oxygens (including phenoxy) is 2. The molecule has 0 aromatic rings. The van der Waals surface area contributed by atoms with E-state index in [9.17, 15) is 14.4 Å². The van der Waals surface area contributed by atoms with Gasteiger partial charge >= 0.3 is 12.1 Å². The summed E-state index contributed by atoms with van der Waals surface area (Å²) in [5, 5.41) is 0. The smallest absolute Gasteiger partial charge is 0.417 e. The van der Waals surface area contributed by atoms with E-state index in [-0.39, 0.29) is 6.54 Å². The Bertz CT molecular complexity index is 331. The highest BCUT2D eigenvalue weighted by Gasteiger charge is 2.45. The van der Waals surface area contributed by atoms with Crippen molar-refractivity contribution in [2.75, 3.05) is 6.54 Å². The molecule has 1 rings (SSSR count). The third-order valence-electron chi connectivity index (χ3n) is 1.81. The minimum absolute atomic E-state index is 0.0628. The van der Waals surface area contributed by atoms with Crippen LogP contribution in [0.15, 0.2) is 0 Å². The molecule has 16 heavy (non-hydrogen) atoms. The number of carbonyl (C=O) groups excluding carboxylic acids is 3. The summed E-state index contributed by atoms with van der Waals surface area (Å²) in [6.45, 7) is 6.40. The lowest BCUT2D eigenvalue weighted by Crippen LogP contribution is -2.61. The third kappa shape index (κ3) is 2.95. The van der Waals surface area contributed by atoms with E-state index in [4.69, 9.17) is 4.74 Å². The van der Waals surface area contributed by atoms with E-state index < -0.39 is 29.7 Å². The topological polar surface area (TPSA) is 72.9 Å². The van der Waals surface area contributed by atoms with Crippen LogP contribution in [0.3, 0.4) is 0 Å². The molecule has 2 amide bonds. The van der Waals surface area contributed by atoms with Crippen LogP contribution in [-0.4, -0.2) is 41.1 Å². The van der Waals surface area contributed by atoms with Gasteiger partial charge in [-0.3, -0.25) is 9.59 Å². The summed E-state index contributed by atoms with van der Waals surface area (Å²) in [6, 6.07) is 0. The third-order valence-corrected chi connectivity index (χ3v) is 1.81. The van der Waals surface area contributed by atoms with Gasteiger partial charge < -0.3 is 9.47 Å². The summed E-state index contributed by atoms with van der Waals surface area (Å²) in [5.41, 5.74) is -0.649. The van der Waals surface area contributed by atoms with Gasteiger partial charge in [0.2, 0.25) is 0 Å². The van der Waals surface area contributed by atoms with Crippen LogP contribution in [-0.2, 0) is 19.1 Å². The first-order valence-corrected chi connectivity index (χ1v) is 4.92. The molecule has 0 aromatic carbocycles. The Labute approximate surface area is 93.5 Å². The van der Waals surface area contributed by atoms with Crippen LogP contribution in [0, 0.1) is 0 Å². The molecule has 1 atom stereocenters. The first-order valence-electron chi connectivity index (χ1n) is 4.92. The van der Waals surface area contributed by atoms with E-state index in [0.29, 0.717) is 0 Å². The van der Waals surface area contributed by atoms with Gasteiger partial charge in [-0.1, -0.05) is 0 Å². The van der Waals surface area contributed by atoms with Gasteiger partial charge in [-0.25, -0.2) is 9.69 Å². The molecule has 1 saturated heterocycles. The fourth-order valence-corrected chi connectivity index (χ4v) is 1.16. The van der Waals surface area contributed by atoms with Crippen molar-refractivity contribution in [2.24, 2.45) is 0 Å². The quantitative estimate of drug-likeness (QED) is 0.488. The molecule has 0 aliphatic carbocycles. The first kappa shape index (κ1) is 12.5. The zero-order valence-electron chi connectivity index (χ0n) is 9.77. The number of nitrogens with zero attached hydrogens (tertiary/aromatic N) is 1. The Morgan fingerprint density at radius 3 is 2.31 bits per heavy atom. The Morgan fingerprint density at radius 2 is 1.94 bits per heavy atom. The second kappa shape index (κ2) is 4.11. The van der Waals surface area contributed by atoms with E-state index in [2.05, 4.69) is 4.74 Å². The number of hydrogen-bond donors (Lipinski definition) is 0. The molecular formula is C10H15NO5. The van der Waals surface area contributed by atoms with Crippen LogP contribution >= 0.6 is 0 Å². The maximum absolute atomic E-state index is 11.4. The predicted molar refractivity (Wildman–Crippen MR) is 53.5 cm³/mol. The molecule has 1 heterocycles. The van der Waals surface area contributed by atoms with Gasteiger partial charge in [-0.15, -0.1) is 0 Å². The highest BCUT2D eigenvalue weighted by molar-refractivity contribution is 6.00. The lowest BCUT2D eigenvalue weighted by Gasteiger charge is -2.36. The molecule has 0 bridgehead atoms. The van der Waals surface area contributed by atoms with E-state index in [0.717, 1.165) is 4.90 Å². The predicted octanol–water partition coefficient (Wildman–Crippen LogP) is 0.695. The second-order valence-electron chi connectivity index (χ2n) is 4.53. The van der Waals surface area contributed by atoms with Crippen LogP contribution < -0.4 is 0 Å². The van der Waals surface area contributed by atoms with Crippen molar-refractivity contribution in [3.63, 3.8) is 0 Å². The van der Waals surface area contributed by atoms with Crippen LogP contribution in [0.4, 0.5) is 4.79 Å². The number of esters is 1. The van der Waals surface area contributed by atoms with Crippen LogP contribution in [0.25, 0.3) is 0 Å². The molecule has 6 nitrogen and oxygen atoms in total. The SMILES string of the molecule is CC(=O)OC1CN(C(=O)OC(C)(C)C)C1=O. The molecule has 1 aliphatic rings. The standard InChI is InChI=1S/C10H15NO5/c1-6(12)15-7-5-11(8(7)13)9(14)16-10(2,3)4/h7H,5H2,1-4H3. The van der Waals surface area contributed by atoms with E-state index in [1.165, 1.54) is 6.92 Å². The summed E-state index contributed by atoms with van der Waals surface area (Å²) >= 11 is 0. The largest absolute Gasteiger partial charge is 0.450 e. The van der Waals surface area contributed by atoms with Crippen molar-refractivity contribution in [3.05, 3.63) is 0 Å². The van der Waals surface area contributed by atoms with Crippen molar-refractivity contribution in [2.45, 2.75) is 39.4 Å². The van der Waals surface area contributed by atoms with Crippen LogP contribution in [0.2, 0.25) is 0 Å². The fourth-order valence-electron chi connectivity index (χ4n) is 1.16. The number of carbonyl (C=O) groups is 3. The van der Waals surface area contributed by atoms with E-state index in [1.54, 1.807) is 20.8 Å². The number of β-lactam (4-membered cyclic amide) rings is 1. The van der Waals surface area contributed by atoms with Crippen molar-refractivity contribution in [3.8, 4) is 0 Å². The Kier molecular flexibility index (Phi) is 3.21. The van der Waals surface area contributed by atoms with Gasteiger partial charge in [-0.2, -0.15) is 0 Å². The highest BCUT2D eigenvalue weighted by Crippen LogP contribution is 2.18. The molecule has 0 aromatic heterocycles. The maximum atomic E-state index is 11.4. The highest BCUT2D eigenvalue weighted by atomic mass is 16.6. The minimum atomic E-state index is -0.843.